The summed E-state index contributed by atoms with van der Waals surface area (Å²) < 4.78 is 0. The molecule has 0 aliphatic carbocycles. The summed E-state index contributed by atoms with van der Waals surface area (Å²) in [7, 11) is 0. The molecule has 1 aliphatic rings. The van der Waals surface area contributed by atoms with E-state index in [1.54, 1.807) is 24.0 Å². The lowest BCUT2D eigenvalue weighted by Gasteiger charge is -2.29. The number of nitro groups is 1. The first-order valence-electron chi connectivity index (χ1n) is 6.18. The third kappa shape index (κ3) is 2.87. The molecule has 1 aliphatic heterocycles. The Labute approximate surface area is 116 Å². The zero-order valence-electron chi connectivity index (χ0n) is 10.6. The lowest BCUT2D eigenvalue weighted by atomic mass is 10.0. The molecule has 2 rings (SSSR count). The van der Waals surface area contributed by atoms with Gasteiger partial charge in [-0.25, -0.2) is 0 Å². The van der Waals surface area contributed by atoms with Crippen molar-refractivity contribution in [3.8, 4) is 0 Å². The van der Waals surface area contributed by atoms with Gasteiger partial charge in [0.25, 0.3) is 11.6 Å². The Kier molecular flexibility index (Phi) is 4.04. The standard InChI is InChI=1S/C13H15ClN2O3/c1-9-11(3-2-4-12(9)16(18)19)13(17)15-7-5-10(14)6-8-15/h2-4,10H,5-8H2,1H3. The summed E-state index contributed by atoms with van der Waals surface area (Å²) in [5.41, 5.74) is 0.811. The minimum atomic E-state index is -0.461. The molecule has 1 fully saturated rings. The van der Waals surface area contributed by atoms with Crippen LogP contribution in [0.15, 0.2) is 18.2 Å². The predicted molar refractivity (Wildman–Crippen MR) is 72.6 cm³/mol. The van der Waals surface area contributed by atoms with E-state index in [1.807, 2.05) is 0 Å². The fourth-order valence-corrected chi connectivity index (χ4v) is 2.47. The van der Waals surface area contributed by atoms with Crippen molar-refractivity contribution in [3.05, 3.63) is 39.4 Å². The van der Waals surface area contributed by atoms with Gasteiger partial charge in [0, 0.05) is 35.7 Å². The molecule has 19 heavy (non-hydrogen) atoms. The molecule has 1 aromatic carbocycles. The van der Waals surface area contributed by atoms with Crippen molar-refractivity contribution in [1.29, 1.82) is 0 Å². The van der Waals surface area contributed by atoms with Crippen LogP contribution in [0.25, 0.3) is 0 Å². The minimum Gasteiger partial charge on any atom is -0.339 e. The van der Waals surface area contributed by atoms with E-state index in [2.05, 4.69) is 0 Å². The van der Waals surface area contributed by atoms with Crippen LogP contribution >= 0.6 is 11.6 Å². The van der Waals surface area contributed by atoms with Gasteiger partial charge >= 0.3 is 0 Å². The summed E-state index contributed by atoms with van der Waals surface area (Å²) in [5.74, 6) is -0.148. The number of likely N-dealkylation sites (tertiary alicyclic amines) is 1. The summed E-state index contributed by atoms with van der Waals surface area (Å²) in [4.78, 5) is 24.5. The Morgan fingerprint density at radius 3 is 2.63 bits per heavy atom. The summed E-state index contributed by atoms with van der Waals surface area (Å²) >= 11 is 6.00. The predicted octanol–water partition coefficient (Wildman–Crippen LogP) is 2.75. The molecule has 1 saturated heterocycles. The number of piperidine rings is 1. The number of carbonyl (C=O) groups is 1. The van der Waals surface area contributed by atoms with Gasteiger partial charge < -0.3 is 4.90 Å². The highest BCUT2D eigenvalue weighted by atomic mass is 35.5. The van der Waals surface area contributed by atoms with Crippen LogP contribution in [0.3, 0.4) is 0 Å². The molecule has 0 bridgehead atoms. The average molecular weight is 283 g/mol. The van der Waals surface area contributed by atoms with E-state index >= 15 is 0 Å². The number of hydrogen-bond acceptors (Lipinski definition) is 3. The molecule has 0 saturated carbocycles. The molecule has 5 nitrogen and oxygen atoms in total. The maximum absolute atomic E-state index is 12.4. The molecule has 0 radical (unpaired) electrons. The summed E-state index contributed by atoms with van der Waals surface area (Å²) in [6, 6.07) is 4.60. The number of hydrogen-bond donors (Lipinski definition) is 0. The van der Waals surface area contributed by atoms with E-state index in [4.69, 9.17) is 11.6 Å². The highest BCUT2D eigenvalue weighted by Crippen LogP contribution is 2.24. The highest BCUT2D eigenvalue weighted by Gasteiger charge is 2.25. The molecule has 0 spiro atoms. The van der Waals surface area contributed by atoms with Crippen molar-refractivity contribution >= 4 is 23.2 Å². The zero-order valence-corrected chi connectivity index (χ0v) is 11.4. The van der Waals surface area contributed by atoms with E-state index < -0.39 is 4.92 Å². The summed E-state index contributed by atoms with van der Waals surface area (Å²) in [6.07, 6.45) is 1.53. The molecule has 0 N–H and O–H groups in total. The largest absolute Gasteiger partial charge is 0.339 e. The monoisotopic (exact) mass is 282 g/mol. The fraction of sp³-hybridized carbons (Fsp3) is 0.462. The summed E-state index contributed by atoms with van der Waals surface area (Å²) in [6.45, 7) is 2.82. The van der Waals surface area contributed by atoms with Crippen LogP contribution in [0.1, 0.15) is 28.8 Å². The third-order valence-electron chi connectivity index (χ3n) is 3.44. The molecule has 0 aromatic heterocycles. The maximum Gasteiger partial charge on any atom is 0.273 e. The van der Waals surface area contributed by atoms with Crippen molar-refractivity contribution in [1.82, 2.24) is 4.90 Å². The van der Waals surface area contributed by atoms with Crippen LogP contribution in [0, 0.1) is 17.0 Å². The maximum atomic E-state index is 12.4. The van der Waals surface area contributed by atoms with Crippen molar-refractivity contribution in [2.45, 2.75) is 25.1 Å². The second-order valence-electron chi connectivity index (χ2n) is 4.67. The Hall–Kier alpha value is -1.62. The third-order valence-corrected chi connectivity index (χ3v) is 3.88. The normalized spacial score (nSPS) is 16.4. The summed E-state index contributed by atoms with van der Waals surface area (Å²) in [5, 5.41) is 11.0. The first kappa shape index (κ1) is 13.8. The Bertz CT molecular complexity index is 511. The van der Waals surface area contributed by atoms with Gasteiger partial charge in [0.05, 0.1) is 4.92 Å². The molecule has 0 unspecified atom stereocenters. The van der Waals surface area contributed by atoms with Crippen molar-refractivity contribution < 1.29 is 9.72 Å². The van der Waals surface area contributed by atoms with Crippen LogP contribution in [-0.4, -0.2) is 34.2 Å². The van der Waals surface area contributed by atoms with Crippen molar-refractivity contribution in [2.24, 2.45) is 0 Å². The van der Waals surface area contributed by atoms with Gasteiger partial charge in [-0.2, -0.15) is 0 Å². The van der Waals surface area contributed by atoms with Gasteiger partial charge in [0.15, 0.2) is 0 Å². The van der Waals surface area contributed by atoms with Gasteiger partial charge in [0.2, 0.25) is 0 Å². The number of carbonyl (C=O) groups excluding carboxylic acids is 1. The number of nitro benzene ring substituents is 1. The smallest absolute Gasteiger partial charge is 0.273 e. The van der Waals surface area contributed by atoms with Gasteiger partial charge in [-0.1, -0.05) is 6.07 Å². The fourth-order valence-electron chi connectivity index (χ4n) is 2.27. The Balaban J connectivity index is 2.24. The van der Waals surface area contributed by atoms with Crippen LogP contribution < -0.4 is 0 Å². The minimum absolute atomic E-state index is 0.0157. The SMILES string of the molecule is Cc1c(C(=O)N2CCC(Cl)CC2)cccc1[N+](=O)[O-]. The molecular weight excluding hydrogens is 268 g/mol. The molecule has 1 aromatic rings. The highest BCUT2D eigenvalue weighted by molar-refractivity contribution is 6.20. The second kappa shape index (κ2) is 5.57. The van der Waals surface area contributed by atoms with E-state index in [-0.39, 0.29) is 17.0 Å². The Morgan fingerprint density at radius 1 is 1.42 bits per heavy atom. The molecule has 1 heterocycles. The Morgan fingerprint density at radius 2 is 2.05 bits per heavy atom. The van der Waals surface area contributed by atoms with Gasteiger partial charge in [0.1, 0.15) is 0 Å². The van der Waals surface area contributed by atoms with Crippen molar-refractivity contribution in [3.63, 3.8) is 0 Å². The molecule has 6 heteroatoms. The van der Waals surface area contributed by atoms with E-state index in [0.29, 0.717) is 24.2 Å². The van der Waals surface area contributed by atoms with Gasteiger partial charge in [-0.05, 0) is 25.8 Å². The molecule has 0 atom stereocenters. The average Bonchev–Trinajstić information content (AvgIpc) is 2.38. The number of nitrogens with zero attached hydrogens (tertiary/aromatic N) is 2. The quantitative estimate of drug-likeness (QED) is 0.476. The van der Waals surface area contributed by atoms with Gasteiger partial charge in [-0.3, -0.25) is 14.9 Å². The molecule has 1 amide bonds. The van der Waals surface area contributed by atoms with E-state index in [9.17, 15) is 14.9 Å². The van der Waals surface area contributed by atoms with Crippen LogP contribution in [0.4, 0.5) is 5.69 Å². The van der Waals surface area contributed by atoms with Crippen LogP contribution in [-0.2, 0) is 0 Å². The zero-order chi connectivity index (χ0) is 14.0. The number of amides is 1. The lowest BCUT2D eigenvalue weighted by Crippen LogP contribution is -2.39. The van der Waals surface area contributed by atoms with Crippen LogP contribution in [0.2, 0.25) is 0 Å². The van der Waals surface area contributed by atoms with Crippen molar-refractivity contribution in [2.75, 3.05) is 13.1 Å². The van der Waals surface area contributed by atoms with E-state index in [0.717, 1.165) is 12.8 Å². The lowest BCUT2D eigenvalue weighted by molar-refractivity contribution is -0.385. The first-order chi connectivity index (χ1) is 9.00. The number of alkyl halides is 1. The van der Waals surface area contributed by atoms with E-state index in [1.165, 1.54) is 6.07 Å². The van der Waals surface area contributed by atoms with Gasteiger partial charge in [-0.15, -0.1) is 11.6 Å². The number of halogens is 1. The second-order valence-corrected chi connectivity index (χ2v) is 5.29. The van der Waals surface area contributed by atoms with Crippen LogP contribution in [0.5, 0.6) is 0 Å². The number of benzene rings is 1. The number of rotatable bonds is 2. The first-order valence-corrected chi connectivity index (χ1v) is 6.61. The molecule has 102 valence electrons. The topological polar surface area (TPSA) is 63.5 Å². The molecular formula is C13H15ClN2O3.